The summed E-state index contributed by atoms with van der Waals surface area (Å²) in [4.78, 5) is 8.66. The number of hydrogen-bond donors (Lipinski definition) is 2. The van der Waals surface area contributed by atoms with Gasteiger partial charge in [-0.1, -0.05) is 53.5 Å². The molecule has 0 fully saturated rings. The number of halogens is 2. The van der Waals surface area contributed by atoms with Crippen molar-refractivity contribution in [2.75, 3.05) is 5.32 Å². The van der Waals surface area contributed by atoms with Crippen molar-refractivity contribution in [3.8, 4) is 0 Å². The molecule has 4 nitrogen and oxygen atoms in total. The highest BCUT2D eigenvalue weighted by Gasteiger charge is 2.18. The van der Waals surface area contributed by atoms with Crippen LogP contribution in [0.5, 0.6) is 0 Å². The molecular formula is C18H16Cl2N4S. The van der Waals surface area contributed by atoms with Crippen LogP contribution in [-0.4, -0.2) is 10.3 Å². The standard InChI is InChI=1S/C18H16Cl2N4S/c1-12(21-11-13-5-3-2-4-6-13)10-22-17-24-18(25-17)23-16-9-14(19)7-8-15(16)20/h2-10,21H,11H2,1H3,(H,22,23,24)/b12-10+. The van der Waals surface area contributed by atoms with Crippen LogP contribution in [0.3, 0.4) is 0 Å². The smallest absolute Gasteiger partial charge is 0.197 e. The number of rotatable bonds is 5. The van der Waals surface area contributed by atoms with Gasteiger partial charge in [-0.3, -0.25) is 0 Å². The van der Waals surface area contributed by atoms with Crippen LogP contribution < -0.4 is 10.6 Å². The van der Waals surface area contributed by atoms with Gasteiger partial charge in [0.2, 0.25) is 0 Å². The molecule has 0 aromatic heterocycles. The molecule has 0 spiro atoms. The molecule has 0 radical (unpaired) electrons. The lowest BCUT2D eigenvalue weighted by molar-refractivity contribution is 0.808. The van der Waals surface area contributed by atoms with E-state index in [-0.39, 0.29) is 0 Å². The van der Waals surface area contributed by atoms with Crippen molar-refractivity contribution in [1.82, 2.24) is 5.32 Å². The van der Waals surface area contributed by atoms with E-state index in [0.717, 1.165) is 23.1 Å². The number of anilines is 1. The first kappa shape index (κ1) is 17.9. The molecule has 0 atom stereocenters. The second kappa shape index (κ2) is 8.43. The summed E-state index contributed by atoms with van der Waals surface area (Å²) < 4.78 is 0. The van der Waals surface area contributed by atoms with Crippen molar-refractivity contribution >= 4 is 51.0 Å². The average molecular weight is 391 g/mol. The molecule has 3 rings (SSSR count). The summed E-state index contributed by atoms with van der Waals surface area (Å²) in [6.07, 6.45) is 1.78. The van der Waals surface area contributed by atoms with Crippen LogP contribution in [-0.2, 0) is 6.54 Å². The highest BCUT2D eigenvalue weighted by Crippen LogP contribution is 2.29. The molecule has 0 saturated carbocycles. The second-order valence-corrected chi connectivity index (χ2v) is 7.13. The Hall–Kier alpha value is -1.95. The summed E-state index contributed by atoms with van der Waals surface area (Å²) in [7, 11) is 0. The molecule has 1 aliphatic rings. The molecule has 0 saturated heterocycles. The van der Waals surface area contributed by atoms with Gasteiger partial charge in [0.15, 0.2) is 10.3 Å². The molecular weight excluding hydrogens is 375 g/mol. The van der Waals surface area contributed by atoms with E-state index in [1.807, 2.05) is 25.1 Å². The van der Waals surface area contributed by atoms with Gasteiger partial charge < -0.3 is 10.6 Å². The Morgan fingerprint density at radius 1 is 1.20 bits per heavy atom. The van der Waals surface area contributed by atoms with E-state index in [0.29, 0.717) is 15.2 Å². The van der Waals surface area contributed by atoms with Gasteiger partial charge in [-0.25, -0.2) is 4.99 Å². The monoisotopic (exact) mass is 390 g/mol. The largest absolute Gasteiger partial charge is 0.383 e. The predicted octanol–water partition coefficient (Wildman–Crippen LogP) is 5.52. The first-order chi connectivity index (χ1) is 12.1. The molecule has 1 aliphatic heterocycles. The van der Waals surface area contributed by atoms with Gasteiger partial charge >= 0.3 is 0 Å². The zero-order valence-electron chi connectivity index (χ0n) is 13.5. The minimum atomic E-state index is 0.596. The molecule has 1 heterocycles. The molecule has 25 heavy (non-hydrogen) atoms. The normalized spacial score (nSPS) is 15.6. The minimum Gasteiger partial charge on any atom is -0.383 e. The predicted molar refractivity (Wildman–Crippen MR) is 110 cm³/mol. The summed E-state index contributed by atoms with van der Waals surface area (Å²) in [6.45, 7) is 2.75. The molecule has 2 aromatic carbocycles. The molecule has 0 amide bonds. The summed E-state index contributed by atoms with van der Waals surface area (Å²) >= 11 is 13.5. The van der Waals surface area contributed by atoms with Crippen LogP contribution in [0.2, 0.25) is 10.0 Å². The summed E-state index contributed by atoms with van der Waals surface area (Å²) in [5.74, 6) is 0. The zero-order chi connectivity index (χ0) is 17.6. The Balaban J connectivity index is 1.53. The number of allylic oxidation sites excluding steroid dienone is 1. The number of nitrogens with one attached hydrogen (secondary N) is 2. The average Bonchev–Trinajstić information content (AvgIpc) is 2.58. The number of thioether (sulfide) groups is 1. The Bertz CT molecular complexity index is 847. The van der Waals surface area contributed by atoms with E-state index in [2.05, 4.69) is 32.8 Å². The fourth-order valence-corrected chi connectivity index (χ4v) is 2.95. The Morgan fingerprint density at radius 3 is 2.72 bits per heavy atom. The summed E-state index contributed by atoms with van der Waals surface area (Å²) in [6, 6.07) is 15.5. The number of amidine groups is 2. The van der Waals surface area contributed by atoms with Crippen LogP contribution >= 0.6 is 35.0 Å². The first-order valence-corrected chi connectivity index (χ1v) is 9.18. The summed E-state index contributed by atoms with van der Waals surface area (Å²) in [5.41, 5.74) is 2.94. The van der Waals surface area contributed by atoms with Gasteiger partial charge in [0.25, 0.3) is 0 Å². The van der Waals surface area contributed by atoms with Crippen LogP contribution in [0, 0.1) is 0 Å². The quantitative estimate of drug-likeness (QED) is 0.706. The van der Waals surface area contributed by atoms with Crippen molar-refractivity contribution in [3.05, 3.63) is 76.0 Å². The van der Waals surface area contributed by atoms with Crippen molar-refractivity contribution < 1.29 is 0 Å². The third kappa shape index (κ3) is 5.26. The minimum absolute atomic E-state index is 0.596. The van der Waals surface area contributed by atoms with Gasteiger partial charge in [0, 0.05) is 23.5 Å². The van der Waals surface area contributed by atoms with Crippen LogP contribution in [0.25, 0.3) is 0 Å². The van der Waals surface area contributed by atoms with E-state index in [9.17, 15) is 0 Å². The van der Waals surface area contributed by atoms with Crippen LogP contribution in [0.15, 0.2) is 70.4 Å². The number of benzene rings is 2. The maximum Gasteiger partial charge on any atom is 0.197 e. The van der Waals surface area contributed by atoms with Crippen molar-refractivity contribution in [2.24, 2.45) is 9.98 Å². The van der Waals surface area contributed by atoms with Gasteiger partial charge in [0.05, 0.1) is 10.7 Å². The van der Waals surface area contributed by atoms with Gasteiger partial charge in [0.1, 0.15) is 0 Å². The van der Waals surface area contributed by atoms with Crippen LogP contribution in [0.4, 0.5) is 5.69 Å². The third-order valence-corrected chi connectivity index (χ3v) is 4.67. The van der Waals surface area contributed by atoms with E-state index in [1.165, 1.54) is 17.3 Å². The van der Waals surface area contributed by atoms with Crippen molar-refractivity contribution in [1.29, 1.82) is 0 Å². The number of aliphatic imine (C=N–C) groups is 2. The lowest BCUT2D eigenvalue weighted by atomic mass is 10.2. The highest BCUT2D eigenvalue weighted by atomic mass is 35.5. The van der Waals surface area contributed by atoms with E-state index >= 15 is 0 Å². The molecule has 0 aliphatic carbocycles. The highest BCUT2D eigenvalue weighted by molar-refractivity contribution is 8.29. The van der Waals surface area contributed by atoms with Gasteiger partial charge in [-0.15, -0.1) is 0 Å². The SMILES string of the molecule is C/C(=C\N=C1N=C(Nc2cc(Cl)ccc2Cl)S1)NCc1ccccc1. The molecule has 128 valence electrons. The second-order valence-electron chi connectivity index (χ2n) is 5.33. The fraction of sp³-hybridized carbons (Fsp3) is 0.111. The number of hydrogen-bond acceptors (Lipinski definition) is 4. The van der Waals surface area contributed by atoms with Crippen molar-refractivity contribution in [3.63, 3.8) is 0 Å². The van der Waals surface area contributed by atoms with Crippen molar-refractivity contribution in [2.45, 2.75) is 13.5 Å². The molecule has 2 aromatic rings. The number of nitrogens with zero attached hydrogens (tertiary/aromatic N) is 2. The Labute approximate surface area is 161 Å². The van der Waals surface area contributed by atoms with E-state index < -0.39 is 0 Å². The van der Waals surface area contributed by atoms with Crippen LogP contribution in [0.1, 0.15) is 12.5 Å². The summed E-state index contributed by atoms with van der Waals surface area (Å²) in [5, 5.41) is 9.10. The molecule has 2 N–H and O–H groups in total. The van der Waals surface area contributed by atoms with Gasteiger partial charge in [-0.2, -0.15) is 4.99 Å². The lowest BCUT2D eigenvalue weighted by Crippen LogP contribution is -2.19. The lowest BCUT2D eigenvalue weighted by Gasteiger charge is -2.16. The van der Waals surface area contributed by atoms with E-state index in [1.54, 1.807) is 24.4 Å². The first-order valence-electron chi connectivity index (χ1n) is 7.61. The molecule has 7 heteroatoms. The third-order valence-electron chi connectivity index (χ3n) is 3.34. The Morgan fingerprint density at radius 2 is 1.96 bits per heavy atom. The van der Waals surface area contributed by atoms with E-state index in [4.69, 9.17) is 23.2 Å². The zero-order valence-corrected chi connectivity index (χ0v) is 15.8. The Kier molecular flexibility index (Phi) is 6.02. The fourth-order valence-electron chi connectivity index (χ4n) is 2.03. The maximum absolute atomic E-state index is 6.11. The molecule has 0 bridgehead atoms. The molecule has 0 unspecified atom stereocenters. The van der Waals surface area contributed by atoms with Gasteiger partial charge in [-0.05, 0) is 42.4 Å². The maximum atomic E-state index is 6.11. The topological polar surface area (TPSA) is 48.8 Å².